The number of nitrogens with zero attached hydrogens (tertiary/aromatic N) is 9. The molecule has 0 spiro atoms. The molecule has 0 aliphatic carbocycles. The van der Waals surface area contributed by atoms with Crippen LogP contribution in [0, 0.1) is 23.9 Å². The number of rotatable bonds is 9. The number of hydrogen-bond donors (Lipinski definition) is 3. The zero-order valence-corrected chi connectivity index (χ0v) is 74.3. The van der Waals surface area contributed by atoms with Gasteiger partial charge in [0.1, 0.15) is 9.52 Å². The van der Waals surface area contributed by atoms with Gasteiger partial charge in [-0.2, -0.15) is 0 Å². The standard InChI is InChI=1S/C29H18BrN3.C24H16N2O2.C24H16N2.C18H14BNO2.C6H4BrNO2.C5H3BrIN/c30-19-14-17-27(31-18-19)33-24-12-6-4-10-21(24)22-15-16-26-28(29(22)33)23-11-5-7-13-25(23)32(26)20-8-2-1-3-9-20;27-26(28)24-13-7-4-10-19(24)17-14-15-23-21(16-17)20-11-5-6-12-22(20)25(23)18-8-2-1-3-9-18;1-2-8-16(9-3-1)26-21-13-7-5-11-19(21)23-22(26)15-14-18-17-10-4-6-12-20(17)25-24(18)23;21-19(22)13-10-11-18-16(12-13)15-8-4-5-9-17(15)20(18)14-6-2-1-3-7-14;7-5-3-1-2-4-6(5)8(9)10;6-4-1-2-5(7)8-3-4/h1-18H;1-16H;1-15,25H;1-12,21-22H;1-4H;1-3H. The predicted molar refractivity (Wildman–Crippen MR) is 540 cm³/mol. The Bertz CT molecular complexity index is 8230. The minimum Gasteiger partial charge on any atom is -0.423 e. The highest BCUT2D eigenvalue weighted by Gasteiger charge is 2.24. The van der Waals surface area contributed by atoms with Crippen molar-refractivity contribution < 1.29 is 19.9 Å². The number of hydrogen-bond acceptors (Lipinski definition) is 8. The topological polar surface area (TPSA) is 193 Å². The van der Waals surface area contributed by atoms with Crippen molar-refractivity contribution in [3.8, 4) is 39.7 Å². The molecule has 0 fully saturated rings. The van der Waals surface area contributed by atoms with Gasteiger partial charge in [-0.05, 0) is 233 Å². The maximum Gasteiger partial charge on any atom is 0.488 e. The normalized spacial score (nSPS) is 11.2. The molecule has 612 valence electrons. The molecule has 0 aliphatic heterocycles. The summed E-state index contributed by atoms with van der Waals surface area (Å²) < 4.78 is 15.0. The molecule has 8 heterocycles. The smallest absolute Gasteiger partial charge is 0.423 e. The Kier molecular flexibility index (Phi) is 23.3. The first-order valence-electron chi connectivity index (χ1n) is 40.8. The maximum absolute atomic E-state index is 11.5. The van der Waals surface area contributed by atoms with Crippen molar-refractivity contribution in [3.63, 3.8) is 0 Å². The Labute approximate surface area is 766 Å². The summed E-state index contributed by atoms with van der Waals surface area (Å²) in [5, 5.41) is 54.9. The van der Waals surface area contributed by atoms with Crippen LogP contribution in [0.15, 0.2) is 426 Å². The lowest BCUT2D eigenvalue weighted by molar-refractivity contribution is -0.385. The van der Waals surface area contributed by atoms with Crippen LogP contribution in [0.5, 0.6) is 0 Å². The van der Waals surface area contributed by atoms with Crippen LogP contribution in [0.2, 0.25) is 0 Å². The van der Waals surface area contributed by atoms with E-state index in [9.17, 15) is 30.3 Å². The van der Waals surface area contributed by atoms with E-state index in [0.29, 0.717) is 15.5 Å². The Morgan fingerprint density at radius 1 is 0.323 bits per heavy atom. The van der Waals surface area contributed by atoms with Crippen molar-refractivity contribution in [1.82, 2.24) is 37.8 Å². The molecule has 16 nitrogen and oxygen atoms in total. The van der Waals surface area contributed by atoms with Crippen molar-refractivity contribution in [2.45, 2.75) is 0 Å². The van der Waals surface area contributed by atoms with Gasteiger partial charge in [0.05, 0.1) is 80.6 Å². The molecule has 8 aromatic heterocycles. The van der Waals surface area contributed by atoms with Crippen molar-refractivity contribution >= 4 is 225 Å². The molecule has 0 saturated carbocycles. The van der Waals surface area contributed by atoms with Crippen LogP contribution in [0.4, 0.5) is 11.4 Å². The van der Waals surface area contributed by atoms with Gasteiger partial charge in [0.2, 0.25) is 0 Å². The van der Waals surface area contributed by atoms with Gasteiger partial charge in [-0.25, -0.2) is 9.97 Å². The van der Waals surface area contributed by atoms with E-state index in [0.717, 1.165) is 90.2 Å². The number of nitrogens with one attached hydrogen (secondary N) is 1. The number of benzene rings is 16. The SMILES string of the molecule is Brc1ccc(-n2c3ccccc3c3ccc4c(c5ccccc5n4-c4ccccc4)c32)nc1.Brc1ccc(I)nc1.O=[N+]([O-])c1ccccc1-c1ccc2c(c1)c1ccccc1n2-c1ccccc1.O=[N+]([O-])c1ccccc1Br.OB(O)c1ccc2c(c1)c1ccccc1n2-c1ccccc1.c1ccc(-n2c3ccccc3c3c4[nH]c5ccccc5c4ccc32)cc1. The minimum absolute atomic E-state index is 0.0995. The minimum atomic E-state index is -1.46. The van der Waals surface area contributed by atoms with Crippen molar-refractivity contribution in [1.29, 1.82) is 0 Å². The van der Waals surface area contributed by atoms with Gasteiger partial charge in [0.25, 0.3) is 11.4 Å². The molecule has 0 unspecified atom stereocenters. The highest BCUT2D eigenvalue weighted by molar-refractivity contribution is 14.1. The highest BCUT2D eigenvalue weighted by Crippen LogP contribution is 2.45. The molecule has 3 N–H and O–H groups in total. The second kappa shape index (κ2) is 36.0. The maximum atomic E-state index is 11.5. The first kappa shape index (κ1) is 82.2. The Morgan fingerprint density at radius 2 is 0.709 bits per heavy atom. The van der Waals surface area contributed by atoms with Crippen molar-refractivity contribution in [3.05, 3.63) is 450 Å². The number of nitro benzene ring substituents is 2. The summed E-state index contributed by atoms with van der Waals surface area (Å²) in [5.41, 5.74) is 20.7. The average Bonchev–Trinajstić information content (AvgIpc) is 1.55. The molecule has 16 aromatic carbocycles. The second-order valence-corrected chi connectivity index (χ2v) is 33.8. The van der Waals surface area contributed by atoms with E-state index >= 15 is 0 Å². The van der Waals surface area contributed by atoms with E-state index in [1.807, 2.05) is 109 Å². The lowest BCUT2D eigenvalue weighted by Crippen LogP contribution is -2.29. The molecule has 24 aromatic rings. The third kappa shape index (κ3) is 16.0. The van der Waals surface area contributed by atoms with Crippen LogP contribution in [-0.4, -0.2) is 64.8 Å². The third-order valence-electron chi connectivity index (χ3n) is 22.6. The fraction of sp³-hybridized carbons (Fsp3) is 0. The molecule has 127 heavy (non-hydrogen) atoms. The lowest BCUT2D eigenvalue weighted by Gasteiger charge is -2.09. The molecule has 0 saturated heterocycles. The number of aromatic nitrogens is 8. The molecule has 0 amide bonds. The van der Waals surface area contributed by atoms with Gasteiger partial charge in [-0.3, -0.25) is 24.8 Å². The van der Waals surface area contributed by atoms with Crippen molar-refractivity contribution in [2.24, 2.45) is 0 Å². The van der Waals surface area contributed by atoms with E-state index in [-0.39, 0.29) is 16.3 Å². The summed E-state index contributed by atoms with van der Waals surface area (Å²) in [7, 11) is -1.46. The molecular weight excluding hydrogens is 1890 g/mol. The van der Waals surface area contributed by atoms with E-state index in [2.05, 4.69) is 352 Å². The Balaban J connectivity index is 0.000000104. The van der Waals surface area contributed by atoms with Crippen LogP contribution < -0.4 is 5.46 Å². The van der Waals surface area contributed by atoms with E-state index < -0.39 is 12.0 Å². The van der Waals surface area contributed by atoms with Gasteiger partial charge < -0.3 is 33.3 Å². The molecule has 0 atom stereocenters. The number of halogens is 4. The Hall–Kier alpha value is -14.4. The predicted octanol–water partition coefficient (Wildman–Crippen LogP) is 28.1. The number of nitro groups is 2. The summed E-state index contributed by atoms with van der Waals surface area (Å²) in [6, 6.07) is 134. The molecule has 24 rings (SSSR count). The molecular formula is C106H71BBr3IN10O6. The zero-order valence-electron chi connectivity index (χ0n) is 67.4. The molecule has 0 bridgehead atoms. The van der Waals surface area contributed by atoms with Crippen molar-refractivity contribution in [2.75, 3.05) is 0 Å². The summed E-state index contributed by atoms with van der Waals surface area (Å²) in [5.74, 6) is 0.911. The largest absolute Gasteiger partial charge is 0.488 e. The number of para-hydroxylation sites is 12. The van der Waals surface area contributed by atoms with E-state index in [1.54, 1.807) is 48.7 Å². The number of pyridine rings is 2. The molecule has 0 aliphatic rings. The third-order valence-corrected chi connectivity index (χ3v) is 24.9. The van der Waals surface area contributed by atoms with Gasteiger partial charge in [0.15, 0.2) is 0 Å². The highest BCUT2D eigenvalue weighted by atomic mass is 127. The van der Waals surface area contributed by atoms with Crippen LogP contribution in [0.1, 0.15) is 0 Å². The van der Waals surface area contributed by atoms with Gasteiger partial charge in [-0.15, -0.1) is 0 Å². The van der Waals surface area contributed by atoms with Crippen LogP contribution in [-0.2, 0) is 0 Å². The van der Waals surface area contributed by atoms with Crippen LogP contribution >= 0.6 is 70.4 Å². The zero-order chi connectivity index (χ0) is 86.8. The Morgan fingerprint density at radius 3 is 1.20 bits per heavy atom. The number of aromatic amines is 1. The molecule has 0 radical (unpaired) electrons. The molecule has 21 heteroatoms. The van der Waals surface area contributed by atoms with Gasteiger partial charge in [-0.1, -0.05) is 237 Å². The fourth-order valence-electron chi connectivity index (χ4n) is 17.2. The monoisotopic (exact) mass is 1950 g/mol. The van der Waals surface area contributed by atoms with Crippen LogP contribution in [0.3, 0.4) is 0 Å². The summed E-state index contributed by atoms with van der Waals surface area (Å²) in [4.78, 5) is 33.4. The first-order valence-corrected chi connectivity index (χ1v) is 44.2. The van der Waals surface area contributed by atoms with E-state index in [1.165, 1.54) is 93.5 Å². The average molecular weight is 1960 g/mol. The summed E-state index contributed by atoms with van der Waals surface area (Å²) in [6.07, 6.45) is 3.64. The summed E-state index contributed by atoms with van der Waals surface area (Å²) in [6.45, 7) is 0. The quantitative estimate of drug-likeness (QED) is 0.0418. The fourth-order valence-corrected chi connectivity index (χ4v) is 18.4. The number of H-pyrrole nitrogens is 1. The first-order chi connectivity index (χ1) is 62.2. The number of fused-ring (bicyclic) bond motifs is 20. The second-order valence-electron chi connectivity index (χ2n) is 30.0. The summed E-state index contributed by atoms with van der Waals surface area (Å²) >= 11 is 12.0. The van der Waals surface area contributed by atoms with Gasteiger partial charge in [0, 0.05) is 126 Å². The van der Waals surface area contributed by atoms with Gasteiger partial charge >= 0.3 is 7.12 Å². The van der Waals surface area contributed by atoms with E-state index in [4.69, 9.17) is 4.98 Å². The van der Waals surface area contributed by atoms with Crippen LogP contribution in [0.25, 0.3) is 171 Å². The lowest BCUT2D eigenvalue weighted by atomic mass is 9.80.